The maximum atomic E-state index is 13.7. The second kappa shape index (κ2) is 12.7. The third-order valence-corrected chi connectivity index (χ3v) is 6.17. The van der Waals surface area contributed by atoms with Gasteiger partial charge in [0.05, 0.1) is 17.9 Å². The fourth-order valence-corrected chi connectivity index (χ4v) is 3.98. The van der Waals surface area contributed by atoms with Gasteiger partial charge in [0.15, 0.2) is 28.8 Å². The molecular weight excluding hydrogens is 526 g/mol. The summed E-state index contributed by atoms with van der Waals surface area (Å²) in [6.45, 7) is 10.6. The molecule has 0 saturated carbocycles. The summed E-state index contributed by atoms with van der Waals surface area (Å²) in [5, 5.41) is 18.3. The molecule has 0 aliphatic carbocycles. The Morgan fingerprint density at radius 1 is 1.02 bits per heavy atom. The molecule has 0 fully saturated rings. The molecule has 3 N–H and O–H groups in total. The number of allylic oxidation sites excluding steroid dienone is 1. The van der Waals surface area contributed by atoms with Crippen LogP contribution in [0.5, 0.6) is 0 Å². The maximum Gasteiger partial charge on any atom is 0.274 e. The van der Waals surface area contributed by atoms with Crippen LogP contribution >= 0.6 is 0 Å². The maximum absolute atomic E-state index is 13.7. The van der Waals surface area contributed by atoms with Gasteiger partial charge in [0.2, 0.25) is 0 Å². The molecule has 1 atom stereocenters. The zero-order chi connectivity index (χ0) is 29.5. The highest BCUT2D eigenvalue weighted by atomic mass is 19.2. The molecule has 11 heteroatoms. The van der Waals surface area contributed by atoms with E-state index in [2.05, 4.69) is 42.5 Å². The van der Waals surface area contributed by atoms with Gasteiger partial charge in [-0.15, -0.1) is 0 Å². The fourth-order valence-electron chi connectivity index (χ4n) is 3.98. The van der Waals surface area contributed by atoms with Crippen LogP contribution in [0.4, 0.5) is 20.4 Å². The standard InChI is InChI=1S/C30H28F2N8O/c1-5-34-28-23(17(2)3)10-21(15-37-28)26-9-6-19(13-35-26)14-36-29-27(40-22(12-33)16-38-29)30(41)39-18(4)20-7-8-24(31)25(32)11-20/h6-11,13,15-16,18H,2,5,14H2,1,3-4H3,(H,34,37)(H,36,38)(H,39,41). The van der Waals surface area contributed by atoms with Crippen molar-refractivity contribution in [2.45, 2.75) is 33.4 Å². The van der Waals surface area contributed by atoms with Crippen LogP contribution in [0.2, 0.25) is 0 Å². The van der Waals surface area contributed by atoms with Gasteiger partial charge < -0.3 is 16.0 Å². The molecule has 4 aromatic rings. The number of amides is 1. The monoisotopic (exact) mass is 554 g/mol. The smallest absolute Gasteiger partial charge is 0.274 e. The number of nitrogens with one attached hydrogen (secondary N) is 3. The van der Waals surface area contributed by atoms with Gasteiger partial charge in [-0.2, -0.15) is 5.26 Å². The number of pyridine rings is 2. The average molecular weight is 555 g/mol. The quantitative estimate of drug-likeness (QED) is 0.229. The molecule has 4 rings (SSSR count). The molecule has 208 valence electrons. The molecule has 1 unspecified atom stereocenters. The Hall–Kier alpha value is -5.24. The number of anilines is 2. The van der Waals surface area contributed by atoms with Crippen molar-refractivity contribution in [3.8, 4) is 17.3 Å². The number of hydrogen-bond donors (Lipinski definition) is 3. The summed E-state index contributed by atoms with van der Waals surface area (Å²) in [7, 11) is 0. The molecule has 1 amide bonds. The molecule has 0 saturated heterocycles. The lowest BCUT2D eigenvalue weighted by Gasteiger charge is -2.16. The predicted molar refractivity (Wildman–Crippen MR) is 153 cm³/mol. The predicted octanol–water partition coefficient (Wildman–Crippen LogP) is 5.65. The number of halogens is 2. The van der Waals surface area contributed by atoms with Crippen LogP contribution in [0.25, 0.3) is 16.8 Å². The number of aromatic nitrogens is 4. The van der Waals surface area contributed by atoms with E-state index in [4.69, 9.17) is 0 Å². The van der Waals surface area contributed by atoms with E-state index < -0.39 is 23.6 Å². The van der Waals surface area contributed by atoms with Gasteiger partial charge in [0.25, 0.3) is 5.91 Å². The van der Waals surface area contributed by atoms with Crippen molar-refractivity contribution in [2.24, 2.45) is 0 Å². The van der Waals surface area contributed by atoms with E-state index in [1.165, 1.54) is 12.3 Å². The Kier molecular flexibility index (Phi) is 8.94. The summed E-state index contributed by atoms with van der Waals surface area (Å²) in [6.07, 6.45) is 4.70. The van der Waals surface area contributed by atoms with Gasteiger partial charge >= 0.3 is 0 Å². The molecular formula is C30H28F2N8O. The number of nitriles is 1. The average Bonchev–Trinajstić information content (AvgIpc) is 2.97. The Balaban J connectivity index is 1.49. The van der Waals surface area contributed by atoms with Crippen LogP contribution in [0.1, 0.15) is 59.7 Å². The van der Waals surface area contributed by atoms with Crippen LogP contribution < -0.4 is 16.0 Å². The van der Waals surface area contributed by atoms with E-state index in [0.29, 0.717) is 5.56 Å². The normalized spacial score (nSPS) is 11.3. The Morgan fingerprint density at radius 3 is 2.46 bits per heavy atom. The lowest BCUT2D eigenvalue weighted by atomic mass is 10.1. The van der Waals surface area contributed by atoms with Gasteiger partial charge in [0, 0.05) is 36.6 Å². The van der Waals surface area contributed by atoms with E-state index in [1.54, 1.807) is 19.3 Å². The summed E-state index contributed by atoms with van der Waals surface area (Å²) in [4.78, 5) is 30.5. The summed E-state index contributed by atoms with van der Waals surface area (Å²) in [5.41, 5.74) is 4.40. The lowest BCUT2D eigenvalue weighted by Crippen LogP contribution is -2.29. The number of rotatable bonds is 10. The number of benzene rings is 1. The second-order valence-electron chi connectivity index (χ2n) is 9.27. The topological polar surface area (TPSA) is 129 Å². The van der Waals surface area contributed by atoms with Gasteiger partial charge in [-0.25, -0.2) is 23.7 Å². The summed E-state index contributed by atoms with van der Waals surface area (Å²) < 4.78 is 27.0. The van der Waals surface area contributed by atoms with Crippen molar-refractivity contribution >= 4 is 23.1 Å². The molecule has 1 aromatic carbocycles. The van der Waals surface area contributed by atoms with Crippen molar-refractivity contribution in [3.63, 3.8) is 0 Å². The van der Waals surface area contributed by atoms with Gasteiger partial charge in [-0.3, -0.25) is 9.78 Å². The third kappa shape index (κ3) is 6.86. The van der Waals surface area contributed by atoms with Gasteiger partial charge in [-0.05, 0) is 61.7 Å². The largest absolute Gasteiger partial charge is 0.370 e. The highest BCUT2D eigenvalue weighted by Gasteiger charge is 2.20. The van der Waals surface area contributed by atoms with Crippen LogP contribution in [0, 0.1) is 23.0 Å². The van der Waals surface area contributed by atoms with E-state index in [9.17, 15) is 18.8 Å². The first-order chi connectivity index (χ1) is 19.7. The second-order valence-corrected chi connectivity index (χ2v) is 9.27. The van der Waals surface area contributed by atoms with Crippen LogP contribution in [-0.4, -0.2) is 32.4 Å². The van der Waals surface area contributed by atoms with Crippen molar-refractivity contribution < 1.29 is 13.6 Å². The van der Waals surface area contributed by atoms with Crippen molar-refractivity contribution in [3.05, 3.63) is 101 Å². The summed E-state index contributed by atoms with van der Waals surface area (Å²) in [5.74, 6) is -1.71. The molecule has 0 aliphatic heterocycles. The molecule has 9 nitrogen and oxygen atoms in total. The fraction of sp³-hybridized carbons (Fsp3) is 0.200. The SMILES string of the molecule is C=C(C)c1cc(-c2ccc(CNc3ncc(C#N)nc3C(=O)NC(C)c3ccc(F)c(F)c3)cn2)cnc1NCC. The molecule has 3 heterocycles. The zero-order valence-electron chi connectivity index (χ0n) is 22.8. The van der Waals surface area contributed by atoms with Gasteiger partial charge in [0.1, 0.15) is 11.9 Å². The Morgan fingerprint density at radius 2 is 1.80 bits per heavy atom. The van der Waals surface area contributed by atoms with E-state index in [0.717, 1.165) is 52.5 Å². The molecule has 0 aliphatic rings. The number of carbonyl (C=O) groups is 1. The first kappa shape index (κ1) is 28.8. The molecule has 0 bridgehead atoms. The van der Waals surface area contributed by atoms with Gasteiger partial charge in [-0.1, -0.05) is 18.7 Å². The third-order valence-electron chi connectivity index (χ3n) is 6.17. The minimum atomic E-state index is -1.02. The highest BCUT2D eigenvalue weighted by Crippen LogP contribution is 2.26. The molecule has 41 heavy (non-hydrogen) atoms. The Bertz CT molecular complexity index is 1630. The summed E-state index contributed by atoms with van der Waals surface area (Å²) >= 11 is 0. The molecule has 0 radical (unpaired) electrons. The first-order valence-corrected chi connectivity index (χ1v) is 12.8. The van der Waals surface area contributed by atoms with Crippen LogP contribution in [-0.2, 0) is 6.54 Å². The minimum Gasteiger partial charge on any atom is -0.370 e. The van der Waals surface area contributed by atoms with E-state index in [1.807, 2.05) is 38.1 Å². The van der Waals surface area contributed by atoms with Crippen molar-refractivity contribution in [1.29, 1.82) is 5.26 Å². The number of nitrogens with zero attached hydrogens (tertiary/aromatic N) is 5. The van der Waals surface area contributed by atoms with E-state index in [-0.39, 0.29) is 23.8 Å². The van der Waals surface area contributed by atoms with Crippen LogP contribution in [0.3, 0.4) is 0 Å². The summed E-state index contributed by atoms with van der Waals surface area (Å²) in [6, 6.07) is 10.3. The number of carbonyl (C=O) groups excluding carboxylic acids is 1. The molecule has 3 aromatic heterocycles. The Labute approximate surface area is 236 Å². The lowest BCUT2D eigenvalue weighted by molar-refractivity contribution is 0.0935. The van der Waals surface area contributed by atoms with Crippen LogP contribution in [0.15, 0.2) is 61.6 Å². The number of hydrogen-bond acceptors (Lipinski definition) is 8. The first-order valence-electron chi connectivity index (χ1n) is 12.8. The highest BCUT2D eigenvalue weighted by molar-refractivity contribution is 5.97. The zero-order valence-corrected chi connectivity index (χ0v) is 22.8. The molecule has 0 spiro atoms. The van der Waals surface area contributed by atoms with E-state index >= 15 is 0 Å². The van der Waals surface area contributed by atoms with Crippen molar-refractivity contribution in [2.75, 3.05) is 17.2 Å². The minimum absolute atomic E-state index is 0.0462. The van der Waals surface area contributed by atoms with Crippen molar-refractivity contribution in [1.82, 2.24) is 25.3 Å².